The van der Waals surface area contributed by atoms with Crippen LogP contribution >= 0.6 is 0 Å². The molecule has 1 aromatic carbocycles. The number of benzene rings is 1. The molecule has 0 heterocycles. The van der Waals surface area contributed by atoms with Crippen molar-refractivity contribution < 1.29 is 8.78 Å². The molecule has 0 aromatic heterocycles. The highest BCUT2D eigenvalue weighted by Gasteiger charge is 2.07. The molecule has 100 valence electrons. The van der Waals surface area contributed by atoms with Gasteiger partial charge in [-0.25, -0.2) is 8.78 Å². The largest absolute Gasteiger partial charge is 0.316 e. The van der Waals surface area contributed by atoms with Crippen molar-refractivity contribution in [2.24, 2.45) is 5.92 Å². The molecule has 0 aliphatic rings. The topological polar surface area (TPSA) is 12.0 Å². The lowest BCUT2D eigenvalue weighted by molar-refractivity contribution is 0.556. The first-order chi connectivity index (χ1) is 8.52. The van der Waals surface area contributed by atoms with Gasteiger partial charge in [0.1, 0.15) is 11.6 Å². The monoisotopic (exact) mass is 253 g/mol. The molecule has 1 rings (SSSR count). The van der Waals surface area contributed by atoms with E-state index in [2.05, 4.69) is 19.2 Å². The van der Waals surface area contributed by atoms with Crippen LogP contribution in [0.1, 0.15) is 31.4 Å². The van der Waals surface area contributed by atoms with Crippen LogP contribution in [0.2, 0.25) is 0 Å². The van der Waals surface area contributed by atoms with E-state index in [1.807, 2.05) is 0 Å². The van der Waals surface area contributed by atoms with Crippen LogP contribution in [0.25, 0.3) is 6.08 Å². The summed E-state index contributed by atoms with van der Waals surface area (Å²) in [6, 6.07) is 2.75. The third-order valence-corrected chi connectivity index (χ3v) is 2.64. The molecular formula is C15H21F2N. The Morgan fingerprint density at radius 3 is 2.67 bits per heavy atom. The number of hydrogen-bond acceptors (Lipinski definition) is 1. The highest BCUT2D eigenvalue weighted by atomic mass is 19.1. The van der Waals surface area contributed by atoms with E-state index in [0.717, 1.165) is 19.5 Å². The maximum Gasteiger partial charge on any atom is 0.136 e. The van der Waals surface area contributed by atoms with E-state index >= 15 is 0 Å². The van der Waals surface area contributed by atoms with Crippen LogP contribution in [0.3, 0.4) is 0 Å². The molecule has 0 fully saturated rings. The molecule has 0 saturated heterocycles. The van der Waals surface area contributed by atoms with Gasteiger partial charge < -0.3 is 5.32 Å². The zero-order chi connectivity index (χ0) is 13.5. The summed E-state index contributed by atoms with van der Waals surface area (Å²) in [7, 11) is 0. The van der Waals surface area contributed by atoms with Crippen LogP contribution in [-0.2, 0) is 0 Å². The molecular weight excluding hydrogens is 232 g/mol. The molecule has 0 bridgehead atoms. The smallest absolute Gasteiger partial charge is 0.136 e. The first kappa shape index (κ1) is 14.8. The number of halogens is 2. The minimum atomic E-state index is -0.510. The molecule has 0 saturated carbocycles. The van der Waals surface area contributed by atoms with Crippen molar-refractivity contribution in [2.45, 2.75) is 27.2 Å². The van der Waals surface area contributed by atoms with Gasteiger partial charge in [0.05, 0.1) is 0 Å². The summed E-state index contributed by atoms with van der Waals surface area (Å²) >= 11 is 0. The molecule has 0 spiro atoms. The average Bonchev–Trinajstić information content (AvgIpc) is 2.32. The van der Waals surface area contributed by atoms with Gasteiger partial charge in [-0.05, 0) is 44.0 Å². The van der Waals surface area contributed by atoms with Gasteiger partial charge in [-0.3, -0.25) is 0 Å². The molecule has 1 N–H and O–H groups in total. The van der Waals surface area contributed by atoms with Crippen molar-refractivity contribution in [1.29, 1.82) is 0 Å². The summed E-state index contributed by atoms with van der Waals surface area (Å²) in [5, 5.41) is 3.27. The lowest BCUT2D eigenvalue weighted by Gasteiger charge is -2.05. The Balaban J connectivity index is 2.50. The summed E-state index contributed by atoms with van der Waals surface area (Å²) in [6.07, 6.45) is 4.09. The Morgan fingerprint density at radius 2 is 2.00 bits per heavy atom. The van der Waals surface area contributed by atoms with Gasteiger partial charge in [0.2, 0.25) is 0 Å². The minimum Gasteiger partial charge on any atom is -0.316 e. The normalized spacial score (nSPS) is 11.7. The molecule has 0 amide bonds. The Labute approximate surface area is 108 Å². The van der Waals surface area contributed by atoms with E-state index < -0.39 is 11.6 Å². The minimum absolute atomic E-state index is 0.0545. The summed E-state index contributed by atoms with van der Waals surface area (Å²) in [6.45, 7) is 7.70. The van der Waals surface area contributed by atoms with Crippen molar-refractivity contribution in [3.63, 3.8) is 0 Å². The Morgan fingerprint density at radius 1 is 1.28 bits per heavy atom. The summed E-state index contributed by atoms with van der Waals surface area (Å²) in [5.74, 6) is -0.369. The van der Waals surface area contributed by atoms with Crippen LogP contribution in [0.4, 0.5) is 8.78 Å². The fraction of sp³-hybridized carbons (Fsp3) is 0.467. The molecule has 0 atom stereocenters. The Bertz CT molecular complexity index is 411. The van der Waals surface area contributed by atoms with Crippen LogP contribution in [0, 0.1) is 24.5 Å². The van der Waals surface area contributed by atoms with Crippen LogP contribution in [0.15, 0.2) is 18.2 Å². The standard InChI is InChI=1S/C15H21F2N/c1-11(2)10-18-9-5-4-6-13-14(16)8-7-12(3)15(13)17/h4,6-8,11,18H,5,9-10H2,1-3H3/b6-4+. The number of hydrogen-bond donors (Lipinski definition) is 1. The van der Waals surface area contributed by atoms with Crippen LogP contribution < -0.4 is 5.32 Å². The van der Waals surface area contributed by atoms with Crippen molar-refractivity contribution in [1.82, 2.24) is 5.32 Å². The second-order valence-electron chi connectivity index (χ2n) is 4.88. The lowest BCUT2D eigenvalue weighted by atomic mass is 10.1. The SMILES string of the molecule is Cc1ccc(F)c(/C=C/CCNCC(C)C)c1F. The fourth-order valence-electron chi connectivity index (χ4n) is 1.61. The molecule has 3 heteroatoms. The third-order valence-electron chi connectivity index (χ3n) is 2.64. The maximum absolute atomic E-state index is 13.6. The molecule has 1 aromatic rings. The Hall–Kier alpha value is -1.22. The zero-order valence-corrected chi connectivity index (χ0v) is 11.3. The maximum atomic E-state index is 13.6. The average molecular weight is 253 g/mol. The molecule has 0 radical (unpaired) electrons. The number of aryl methyl sites for hydroxylation is 1. The molecule has 0 unspecified atom stereocenters. The van der Waals surface area contributed by atoms with Crippen molar-refractivity contribution in [3.8, 4) is 0 Å². The summed E-state index contributed by atoms with van der Waals surface area (Å²) in [5.41, 5.74) is 0.521. The van der Waals surface area contributed by atoms with Gasteiger partial charge in [0.25, 0.3) is 0 Å². The first-order valence-electron chi connectivity index (χ1n) is 6.34. The quantitative estimate of drug-likeness (QED) is 0.758. The van der Waals surface area contributed by atoms with E-state index in [-0.39, 0.29) is 5.56 Å². The summed E-state index contributed by atoms with van der Waals surface area (Å²) < 4.78 is 27.0. The van der Waals surface area contributed by atoms with E-state index in [0.29, 0.717) is 11.5 Å². The fourth-order valence-corrected chi connectivity index (χ4v) is 1.61. The lowest BCUT2D eigenvalue weighted by Crippen LogP contribution is -2.20. The number of nitrogens with one attached hydrogen (secondary N) is 1. The Kier molecular flexibility index (Phi) is 5.99. The van der Waals surface area contributed by atoms with Crippen molar-refractivity contribution >= 4 is 6.08 Å². The van der Waals surface area contributed by atoms with E-state index in [1.54, 1.807) is 13.0 Å². The molecule has 0 aliphatic carbocycles. The van der Waals surface area contributed by atoms with Gasteiger partial charge in [0.15, 0.2) is 0 Å². The highest BCUT2D eigenvalue weighted by molar-refractivity contribution is 5.52. The predicted octanol–water partition coefficient (Wildman–Crippen LogP) is 3.92. The van der Waals surface area contributed by atoms with Gasteiger partial charge >= 0.3 is 0 Å². The van der Waals surface area contributed by atoms with E-state index in [9.17, 15) is 8.78 Å². The van der Waals surface area contributed by atoms with E-state index in [4.69, 9.17) is 0 Å². The molecule has 1 nitrogen and oxygen atoms in total. The van der Waals surface area contributed by atoms with Crippen LogP contribution in [-0.4, -0.2) is 13.1 Å². The predicted molar refractivity (Wildman–Crippen MR) is 72.5 cm³/mol. The third kappa shape index (κ3) is 4.57. The second kappa shape index (κ2) is 7.27. The molecule has 18 heavy (non-hydrogen) atoms. The zero-order valence-electron chi connectivity index (χ0n) is 11.3. The number of rotatable bonds is 6. The van der Waals surface area contributed by atoms with Gasteiger partial charge in [-0.15, -0.1) is 0 Å². The first-order valence-corrected chi connectivity index (χ1v) is 6.34. The van der Waals surface area contributed by atoms with Crippen molar-refractivity contribution in [3.05, 3.63) is 41.0 Å². The summed E-state index contributed by atoms with van der Waals surface area (Å²) in [4.78, 5) is 0. The van der Waals surface area contributed by atoms with Gasteiger partial charge in [0, 0.05) is 5.56 Å². The van der Waals surface area contributed by atoms with Gasteiger partial charge in [-0.2, -0.15) is 0 Å². The van der Waals surface area contributed by atoms with E-state index in [1.165, 1.54) is 18.2 Å². The molecule has 0 aliphatic heterocycles. The van der Waals surface area contributed by atoms with Gasteiger partial charge in [-0.1, -0.05) is 32.1 Å². The highest BCUT2D eigenvalue weighted by Crippen LogP contribution is 2.17. The second-order valence-corrected chi connectivity index (χ2v) is 4.88. The van der Waals surface area contributed by atoms with Crippen molar-refractivity contribution in [2.75, 3.05) is 13.1 Å². The van der Waals surface area contributed by atoms with Crippen LogP contribution in [0.5, 0.6) is 0 Å².